The Kier molecular flexibility index (Phi) is 9.61. The first-order valence-corrected chi connectivity index (χ1v) is 22.3. The smallest absolute Gasteiger partial charge is 0.119 e. The Morgan fingerprint density at radius 1 is 0.769 bits per heavy atom. The summed E-state index contributed by atoms with van der Waals surface area (Å²) in [5.74, 6) is 0. The van der Waals surface area contributed by atoms with Gasteiger partial charge in [-0.05, 0) is 12.1 Å². The van der Waals surface area contributed by atoms with Crippen LogP contribution in [0.3, 0.4) is 0 Å². The quantitative estimate of drug-likeness (QED) is 0.141. The molecule has 0 N–H and O–H groups in total. The van der Waals surface area contributed by atoms with Crippen LogP contribution < -0.4 is 0 Å². The van der Waals surface area contributed by atoms with Gasteiger partial charge in [-0.15, -0.1) is 21.8 Å². The van der Waals surface area contributed by atoms with Gasteiger partial charge >= 0.3 is 0 Å². The molecule has 80 valence electrons. The fourth-order valence-corrected chi connectivity index (χ4v) is 7.37. The van der Waals surface area contributed by atoms with Gasteiger partial charge in [-0.2, -0.15) is 0 Å². The Labute approximate surface area is 135 Å². The summed E-state index contributed by atoms with van der Waals surface area (Å²) < 4.78 is -0.834. The number of hydrogen-bond donors (Lipinski definition) is 0. The van der Waals surface area contributed by atoms with E-state index < -0.39 is 6.13 Å². The van der Waals surface area contributed by atoms with Crippen LogP contribution in [0.25, 0.3) is 0 Å². The van der Waals surface area contributed by atoms with Crippen LogP contribution in [0, 0.1) is 0 Å². The molecule has 0 aromatic heterocycles. The second-order valence-electron chi connectivity index (χ2n) is 3.89. The molecule has 0 aliphatic heterocycles. The molecule has 0 aliphatic rings. The highest BCUT2D eigenvalue weighted by Gasteiger charge is 2.20. The van der Waals surface area contributed by atoms with E-state index in [0.717, 1.165) is 0 Å². The summed E-state index contributed by atoms with van der Waals surface area (Å²) in [5, 5.41) is 0. The van der Waals surface area contributed by atoms with Gasteiger partial charge in [0.2, 0.25) is 0 Å². The number of hydrogen-bond acceptors (Lipinski definition) is 0. The first kappa shape index (κ1) is 16.4. The van der Waals surface area contributed by atoms with Gasteiger partial charge in [0.05, 0.1) is 0 Å². The average molecular weight is 664 g/mol. The molecular weight excluding hydrogens is 648 g/mol. The summed E-state index contributed by atoms with van der Waals surface area (Å²) in [6.45, 7) is 4.92. The number of rotatable bonds is 6. The SMILES string of the molecule is C[Si](C)(I)CCCCC[Si](I)(I)I. The lowest BCUT2D eigenvalue weighted by Crippen LogP contribution is -2.14. The topological polar surface area (TPSA) is 0 Å². The van der Waals surface area contributed by atoms with Crippen molar-refractivity contribution in [3.05, 3.63) is 0 Å². The van der Waals surface area contributed by atoms with E-state index in [0.29, 0.717) is 0 Å². The van der Waals surface area contributed by atoms with Crippen molar-refractivity contribution >= 4 is 93.3 Å². The molecule has 13 heavy (non-hydrogen) atoms. The van der Waals surface area contributed by atoms with Crippen molar-refractivity contribution < 1.29 is 0 Å². The molecule has 0 atom stereocenters. The van der Waals surface area contributed by atoms with Crippen LogP contribution in [0.4, 0.5) is 0 Å². The van der Waals surface area contributed by atoms with E-state index in [2.05, 4.69) is 100 Å². The van der Waals surface area contributed by atoms with Gasteiger partial charge in [0.1, 0.15) is 5.57 Å². The zero-order chi connectivity index (χ0) is 10.5. The van der Waals surface area contributed by atoms with E-state index in [9.17, 15) is 0 Å². The van der Waals surface area contributed by atoms with Gasteiger partial charge < -0.3 is 0 Å². The summed E-state index contributed by atoms with van der Waals surface area (Å²) in [4.78, 5) is 0. The summed E-state index contributed by atoms with van der Waals surface area (Å²) in [7, 11) is 0. The molecule has 0 radical (unpaired) electrons. The summed E-state index contributed by atoms with van der Waals surface area (Å²) in [5.41, 5.74) is -0.777. The number of halogens is 4. The fourth-order valence-electron chi connectivity index (χ4n) is 1.05. The lowest BCUT2D eigenvalue weighted by Gasteiger charge is -2.13. The van der Waals surface area contributed by atoms with E-state index >= 15 is 0 Å². The van der Waals surface area contributed by atoms with Gasteiger partial charge in [-0.1, -0.05) is 97.7 Å². The minimum Gasteiger partial charge on any atom is -0.119 e. The summed E-state index contributed by atoms with van der Waals surface area (Å²) in [6.07, 6.45) is 4.39. The lowest BCUT2D eigenvalue weighted by molar-refractivity contribution is 0.764. The predicted molar refractivity (Wildman–Crippen MR) is 103 cm³/mol. The van der Waals surface area contributed by atoms with E-state index in [1.165, 1.54) is 31.4 Å². The summed E-state index contributed by atoms with van der Waals surface area (Å²) >= 11 is 10.7. The molecular formula is C7H16I4Si2. The lowest BCUT2D eigenvalue weighted by atomic mass is 10.3. The maximum atomic E-state index is 2.69. The van der Waals surface area contributed by atoms with E-state index in [1.807, 2.05) is 0 Å². The van der Waals surface area contributed by atoms with Crippen molar-refractivity contribution in [3.63, 3.8) is 0 Å². The van der Waals surface area contributed by atoms with Crippen LogP contribution >= 0.6 is 87.2 Å². The molecule has 0 fully saturated rings. The minimum atomic E-state index is -0.834. The van der Waals surface area contributed by atoms with Crippen LogP contribution in [-0.2, 0) is 0 Å². The molecule has 0 aromatic rings. The number of unbranched alkanes of at least 4 members (excludes halogenated alkanes) is 2. The molecule has 0 unspecified atom stereocenters. The second-order valence-corrected chi connectivity index (χ2v) is 53.5. The van der Waals surface area contributed by atoms with Crippen molar-refractivity contribution in [2.45, 2.75) is 44.4 Å². The van der Waals surface area contributed by atoms with E-state index in [1.54, 1.807) is 0 Å². The maximum absolute atomic E-state index is 2.69. The van der Waals surface area contributed by atoms with Gasteiger partial charge in [-0.3, -0.25) is 0 Å². The zero-order valence-electron chi connectivity index (χ0n) is 8.05. The Bertz CT molecular complexity index is 122. The molecule has 0 spiro atoms. The molecule has 0 heterocycles. The van der Waals surface area contributed by atoms with Crippen LogP contribution in [0.15, 0.2) is 0 Å². The van der Waals surface area contributed by atoms with Gasteiger partial charge in [0, 0.05) is 0 Å². The Balaban J connectivity index is 3.28. The molecule has 0 rings (SSSR count). The normalized spacial score (nSPS) is 13.4. The first-order chi connectivity index (χ1) is 5.71. The average Bonchev–Trinajstić information content (AvgIpc) is 1.81. The van der Waals surface area contributed by atoms with Crippen molar-refractivity contribution in [1.29, 1.82) is 0 Å². The standard InChI is InChI=1S/C7H16I4Si2/c1-12(2,8)6-4-3-5-7-13(9,10)11/h3-7H2,1-2H3. The Hall–Kier alpha value is 3.35. The van der Waals surface area contributed by atoms with Crippen molar-refractivity contribution in [2.24, 2.45) is 0 Å². The molecule has 0 aromatic carbocycles. The van der Waals surface area contributed by atoms with Gasteiger partial charge in [0.15, 0.2) is 0 Å². The predicted octanol–water partition coefficient (Wildman–Crippen LogP) is 6.04. The second kappa shape index (κ2) is 7.64. The molecule has 0 amide bonds. The third kappa shape index (κ3) is 15.4. The van der Waals surface area contributed by atoms with E-state index in [4.69, 9.17) is 0 Å². The molecule has 0 saturated heterocycles. The van der Waals surface area contributed by atoms with E-state index in [-0.39, 0.29) is 0 Å². The first-order valence-electron chi connectivity index (χ1n) is 4.46. The van der Waals surface area contributed by atoms with Crippen molar-refractivity contribution in [2.75, 3.05) is 0 Å². The molecule has 6 heteroatoms. The fraction of sp³-hybridized carbons (Fsp3) is 1.00. The largest absolute Gasteiger partial charge is 0.253 e. The van der Waals surface area contributed by atoms with Gasteiger partial charge in [0.25, 0.3) is 0.564 Å². The Morgan fingerprint density at radius 3 is 1.62 bits per heavy atom. The van der Waals surface area contributed by atoms with Crippen LogP contribution in [0.1, 0.15) is 19.3 Å². The highest BCUT2D eigenvalue weighted by molar-refractivity contribution is 14.4. The van der Waals surface area contributed by atoms with Gasteiger partial charge in [-0.25, -0.2) is 0 Å². The Morgan fingerprint density at radius 2 is 1.23 bits per heavy atom. The van der Waals surface area contributed by atoms with Crippen LogP contribution in [0.2, 0.25) is 25.2 Å². The van der Waals surface area contributed by atoms with Crippen molar-refractivity contribution in [1.82, 2.24) is 0 Å². The maximum Gasteiger partial charge on any atom is 0.253 e. The third-order valence-corrected chi connectivity index (χ3v) is 10.7. The van der Waals surface area contributed by atoms with Crippen molar-refractivity contribution in [3.8, 4) is 0 Å². The van der Waals surface area contributed by atoms with Crippen LogP contribution in [0.5, 0.6) is 0 Å². The zero-order valence-corrected chi connectivity index (χ0v) is 18.7. The molecule has 0 aliphatic carbocycles. The highest BCUT2D eigenvalue weighted by atomic mass is 127. The summed E-state index contributed by atoms with van der Waals surface area (Å²) in [6, 6.07) is 2.99. The molecule has 0 nitrogen and oxygen atoms in total. The molecule has 0 saturated carbocycles. The molecule has 0 bridgehead atoms. The monoisotopic (exact) mass is 664 g/mol. The van der Waals surface area contributed by atoms with Crippen LogP contribution in [-0.4, -0.2) is 6.13 Å². The third-order valence-electron chi connectivity index (χ3n) is 1.73. The minimum absolute atomic E-state index is 0.777. The highest BCUT2D eigenvalue weighted by Crippen LogP contribution is 2.35.